The van der Waals surface area contributed by atoms with E-state index in [0.717, 1.165) is 0 Å². The number of rotatable bonds is 10. The van der Waals surface area contributed by atoms with Gasteiger partial charge < -0.3 is 20.1 Å². The number of carbonyl (C=O) groups excluding carboxylic acids is 3. The molecule has 10 heteroatoms. The largest absolute Gasteiger partial charge is 0.494 e. The van der Waals surface area contributed by atoms with Crippen molar-refractivity contribution in [1.82, 2.24) is 0 Å². The molecule has 2 N–H and O–H groups in total. The van der Waals surface area contributed by atoms with Crippen molar-refractivity contribution < 1.29 is 28.8 Å². The van der Waals surface area contributed by atoms with Gasteiger partial charge in [-0.15, -0.1) is 0 Å². The van der Waals surface area contributed by atoms with E-state index in [1.54, 1.807) is 24.3 Å². The zero-order valence-corrected chi connectivity index (χ0v) is 16.3. The molecule has 0 bridgehead atoms. The van der Waals surface area contributed by atoms with Gasteiger partial charge in [0.1, 0.15) is 5.75 Å². The normalized spacial score (nSPS) is 10.0. The Bertz CT molecular complexity index is 913. The van der Waals surface area contributed by atoms with E-state index in [1.807, 2.05) is 6.92 Å². The van der Waals surface area contributed by atoms with Crippen LogP contribution < -0.4 is 15.4 Å². The fourth-order valence-corrected chi connectivity index (χ4v) is 2.35. The number of esters is 1. The number of hydrogen-bond donors (Lipinski definition) is 2. The van der Waals surface area contributed by atoms with Crippen LogP contribution in [0.1, 0.15) is 19.8 Å². The van der Waals surface area contributed by atoms with Gasteiger partial charge in [-0.2, -0.15) is 0 Å². The molecule has 0 atom stereocenters. The van der Waals surface area contributed by atoms with Crippen molar-refractivity contribution in [3.05, 3.63) is 58.6 Å². The SMILES string of the molecule is CCOc1ccc(NC(=O)CCC(=O)OCC(=O)Nc2cccc([N+](=O)[O-])c2)cc1. The summed E-state index contributed by atoms with van der Waals surface area (Å²) in [5.74, 6) is -1.06. The van der Waals surface area contributed by atoms with Crippen LogP contribution in [0.3, 0.4) is 0 Å². The maximum absolute atomic E-state index is 11.9. The van der Waals surface area contributed by atoms with Gasteiger partial charge in [-0.25, -0.2) is 0 Å². The van der Waals surface area contributed by atoms with Gasteiger partial charge in [0, 0.05) is 29.9 Å². The third-order valence-corrected chi connectivity index (χ3v) is 3.71. The summed E-state index contributed by atoms with van der Waals surface area (Å²) in [6, 6.07) is 12.2. The van der Waals surface area contributed by atoms with Gasteiger partial charge in [0.15, 0.2) is 6.61 Å². The van der Waals surface area contributed by atoms with E-state index in [1.165, 1.54) is 24.3 Å². The lowest BCUT2D eigenvalue weighted by Gasteiger charge is -2.08. The van der Waals surface area contributed by atoms with E-state index in [9.17, 15) is 24.5 Å². The Kier molecular flexibility index (Phi) is 8.30. The average molecular weight is 415 g/mol. The minimum atomic E-state index is -0.717. The molecular formula is C20H21N3O7. The molecule has 0 saturated carbocycles. The lowest BCUT2D eigenvalue weighted by Crippen LogP contribution is -2.21. The van der Waals surface area contributed by atoms with Gasteiger partial charge in [-0.1, -0.05) is 6.07 Å². The van der Waals surface area contributed by atoms with Crippen molar-refractivity contribution in [3.8, 4) is 5.75 Å². The van der Waals surface area contributed by atoms with Crippen LogP contribution in [-0.2, 0) is 19.1 Å². The van der Waals surface area contributed by atoms with E-state index in [4.69, 9.17) is 9.47 Å². The third kappa shape index (κ3) is 7.58. The molecule has 0 unspecified atom stereocenters. The molecule has 0 spiro atoms. The maximum atomic E-state index is 11.9. The highest BCUT2D eigenvalue weighted by Crippen LogP contribution is 2.17. The van der Waals surface area contributed by atoms with Crippen LogP contribution in [0.15, 0.2) is 48.5 Å². The molecule has 0 aliphatic heterocycles. The van der Waals surface area contributed by atoms with Crippen molar-refractivity contribution in [3.63, 3.8) is 0 Å². The van der Waals surface area contributed by atoms with Crippen LogP contribution in [0.5, 0.6) is 5.75 Å². The van der Waals surface area contributed by atoms with Crippen LogP contribution in [0, 0.1) is 10.1 Å². The number of hydrogen-bond acceptors (Lipinski definition) is 7. The van der Waals surface area contributed by atoms with E-state index in [2.05, 4.69) is 10.6 Å². The second-order valence-corrected chi connectivity index (χ2v) is 6.02. The minimum absolute atomic E-state index is 0.113. The van der Waals surface area contributed by atoms with Crippen molar-refractivity contribution in [2.75, 3.05) is 23.8 Å². The molecule has 2 aromatic carbocycles. The number of ether oxygens (including phenoxy) is 2. The standard InChI is InChI=1S/C20H21N3O7/c1-2-29-17-8-6-14(7-9-17)21-18(24)10-11-20(26)30-13-19(25)22-15-4-3-5-16(12-15)23(27)28/h3-9,12H,2,10-11,13H2,1H3,(H,21,24)(H,22,25). The van der Waals surface area contributed by atoms with Gasteiger partial charge in [0.25, 0.3) is 11.6 Å². The molecule has 158 valence electrons. The topological polar surface area (TPSA) is 137 Å². The number of anilines is 2. The predicted octanol–water partition coefficient (Wildman–Crippen LogP) is 2.89. The number of non-ortho nitro benzene ring substituents is 1. The first-order valence-corrected chi connectivity index (χ1v) is 9.10. The summed E-state index contributed by atoms with van der Waals surface area (Å²) in [5.41, 5.74) is 0.594. The molecule has 0 fully saturated rings. The highest BCUT2D eigenvalue weighted by Gasteiger charge is 2.12. The van der Waals surface area contributed by atoms with Gasteiger partial charge >= 0.3 is 5.97 Å². The van der Waals surface area contributed by atoms with Gasteiger partial charge in [-0.05, 0) is 37.3 Å². The average Bonchev–Trinajstić information content (AvgIpc) is 2.72. The lowest BCUT2D eigenvalue weighted by molar-refractivity contribution is -0.384. The van der Waals surface area contributed by atoms with Crippen LogP contribution in [0.2, 0.25) is 0 Å². The molecule has 10 nitrogen and oxygen atoms in total. The number of nitro groups is 1. The van der Waals surface area contributed by atoms with Crippen molar-refractivity contribution in [1.29, 1.82) is 0 Å². The summed E-state index contributed by atoms with van der Waals surface area (Å²) < 4.78 is 10.1. The van der Waals surface area contributed by atoms with E-state index >= 15 is 0 Å². The van der Waals surface area contributed by atoms with E-state index in [-0.39, 0.29) is 30.1 Å². The number of nitro benzene ring substituents is 1. The second kappa shape index (κ2) is 11.1. The molecule has 0 heterocycles. The summed E-state index contributed by atoms with van der Waals surface area (Å²) in [6.45, 7) is 1.84. The first-order chi connectivity index (χ1) is 14.4. The van der Waals surface area contributed by atoms with Gasteiger partial charge in [0.2, 0.25) is 5.91 Å². The number of carbonyl (C=O) groups is 3. The molecule has 0 saturated heterocycles. The molecule has 0 aromatic heterocycles. The van der Waals surface area contributed by atoms with Crippen molar-refractivity contribution in [2.24, 2.45) is 0 Å². The Hall–Kier alpha value is -3.95. The van der Waals surface area contributed by atoms with Crippen LogP contribution >= 0.6 is 0 Å². The fraction of sp³-hybridized carbons (Fsp3) is 0.250. The molecule has 0 aliphatic rings. The molecule has 2 rings (SSSR count). The zero-order chi connectivity index (χ0) is 21.9. The maximum Gasteiger partial charge on any atom is 0.306 e. The minimum Gasteiger partial charge on any atom is -0.494 e. The first kappa shape index (κ1) is 22.3. The lowest BCUT2D eigenvalue weighted by atomic mass is 10.2. The molecular weight excluding hydrogens is 394 g/mol. The highest BCUT2D eigenvalue weighted by atomic mass is 16.6. The Morgan fingerprint density at radius 1 is 0.967 bits per heavy atom. The first-order valence-electron chi connectivity index (χ1n) is 9.10. The zero-order valence-electron chi connectivity index (χ0n) is 16.3. The number of amides is 2. The number of benzene rings is 2. The van der Waals surface area contributed by atoms with Gasteiger partial charge in [0.05, 0.1) is 18.0 Å². The van der Waals surface area contributed by atoms with Crippen LogP contribution in [-0.4, -0.2) is 35.9 Å². The second-order valence-electron chi connectivity index (χ2n) is 6.02. The molecule has 2 amide bonds. The Balaban J connectivity index is 1.70. The smallest absolute Gasteiger partial charge is 0.306 e. The summed E-state index contributed by atoms with van der Waals surface area (Å²) in [4.78, 5) is 45.6. The van der Waals surface area contributed by atoms with Gasteiger partial charge in [-0.3, -0.25) is 24.5 Å². The Labute approximate surface area is 172 Å². The monoisotopic (exact) mass is 415 g/mol. The van der Waals surface area contributed by atoms with Crippen molar-refractivity contribution in [2.45, 2.75) is 19.8 Å². The fourth-order valence-electron chi connectivity index (χ4n) is 2.35. The third-order valence-electron chi connectivity index (χ3n) is 3.71. The molecule has 30 heavy (non-hydrogen) atoms. The van der Waals surface area contributed by atoms with E-state index in [0.29, 0.717) is 18.0 Å². The van der Waals surface area contributed by atoms with Crippen LogP contribution in [0.4, 0.5) is 17.1 Å². The van der Waals surface area contributed by atoms with Crippen molar-refractivity contribution >= 4 is 34.8 Å². The summed E-state index contributed by atoms with van der Waals surface area (Å²) in [5, 5.41) is 15.8. The predicted molar refractivity (Wildman–Crippen MR) is 108 cm³/mol. The number of nitrogens with zero attached hydrogens (tertiary/aromatic N) is 1. The summed E-state index contributed by atoms with van der Waals surface area (Å²) in [7, 11) is 0. The molecule has 0 radical (unpaired) electrons. The summed E-state index contributed by atoms with van der Waals surface area (Å²) >= 11 is 0. The Morgan fingerprint density at radius 2 is 1.67 bits per heavy atom. The Morgan fingerprint density at radius 3 is 2.33 bits per heavy atom. The highest BCUT2D eigenvalue weighted by molar-refractivity contribution is 5.94. The quantitative estimate of drug-likeness (QED) is 0.346. The van der Waals surface area contributed by atoms with Crippen LogP contribution in [0.25, 0.3) is 0 Å². The molecule has 0 aliphatic carbocycles. The molecule has 2 aromatic rings. The van der Waals surface area contributed by atoms with E-state index < -0.39 is 23.4 Å². The number of nitrogens with one attached hydrogen (secondary N) is 2. The summed E-state index contributed by atoms with van der Waals surface area (Å²) in [6.07, 6.45) is -0.314.